The molecule has 25 heavy (non-hydrogen) atoms. The third kappa shape index (κ3) is 6.33. The van der Waals surface area contributed by atoms with E-state index in [9.17, 15) is 9.59 Å². The molecule has 0 N–H and O–H groups in total. The average Bonchev–Trinajstić information content (AvgIpc) is 2.51. The summed E-state index contributed by atoms with van der Waals surface area (Å²) in [5.74, 6) is -2.03. The van der Waals surface area contributed by atoms with Crippen LogP contribution in [0.1, 0.15) is 73.6 Å². The van der Waals surface area contributed by atoms with Gasteiger partial charge in [-0.3, -0.25) is 9.59 Å². The first kappa shape index (κ1) is 21.5. The average molecular weight is 350 g/mol. The lowest BCUT2D eigenvalue weighted by Crippen LogP contribution is -2.27. The first-order valence-corrected chi connectivity index (χ1v) is 9.42. The van der Waals surface area contributed by atoms with Crippen molar-refractivity contribution in [2.45, 2.75) is 73.6 Å². The van der Waals surface area contributed by atoms with E-state index in [2.05, 4.69) is 20.8 Å². The Balaban J connectivity index is 2.85. The molecule has 0 aromatic heterocycles. The number of allylic oxidation sites excluding steroid dienone is 3. The summed E-state index contributed by atoms with van der Waals surface area (Å²) in [6.45, 7) is 12.8. The van der Waals surface area contributed by atoms with Crippen LogP contribution in [0.15, 0.2) is 22.8 Å². The Morgan fingerprint density at radius 1 is 1.16 bits per heavy atom. The summed E-state index contributed by atoms with van der Waals surface area (Å²) in [4.78, 5) is 24.2. The number of ether oxygens (including phenoxy) is 2. The number of hydrogen-bond donors (Lipinski definition) is 0. The second-order valence-electron chi connectivity index (χ2n) is 7.49. The molecular weight excluding hydrogens is 316 g/mol. The van der Waals surface area contributed by atoms with Crippen molar-refractivity contribution in [3.05, 3.63) is 22.8 Å². The van der Waals surface area contributed by atoms with Crippen molar-refractivity contribution in [3.63, 3.8) is 0 Å². The van der Waals surface area contributed by atoms with E-state index in [1.165, 1.54) is 30.4 Å². The molecule has 0 amide bonds. The molecule has 0 fully saturated rings. The molecule has 0 spiro atoms. The molecule has 0 saturated carbocycles. The smallest absolute Gasteiger partial charge is 0.324 e. The normalized spacial score (nSPS) is 17.6. The summed E-state index contributed by atoms with van der Waals surface area (Å²) in [5.41, 5.74) is 4.28. The van der Waals surface area contributed by atoms with Gasteiger partial charge in [0, 0.05) is 0 Å². The van der Waals surface area contributed by atoms with Crippen molar-refractivity contribution in [1.82, 2.24) is 0 Å². The van der Waals surface area contributed by atoms with Gasteiger partial charge in [0.05, 0.1) is 13.2 Å². The van der Waals surface area contributed by atoms with Gasteiger partial charge in [-0.15, -0.1) is 0 Å². The Bertz CT molecular complexity index is 522. The molecule has 0 heterocycles. The summed E-state index contributed by atoms with van der Waals surface area (Å²) < 4.78 is 10.0. The Morgan fingerprint density at radius 3 is 2.20 bits per heavy atom. The summed E-state index contributed by atoms with van der Waals surface area (Å²) >= 11 is 0. The van der Waals surface area contributed by atoms with Crippen LogP contribution in [0.2, 0.25) is 0 Å². The fourth-order valence-corrected chi connectivity index (χ4v) is 3.61. The van der Waals surface area contributed by atoms with E-state index < -0.39 is 17.9 Å². The van der Waals surface area contributed by atoms with E-state index in [1.54, 1.807) is 19.9 Å². The number of carbonyl (C=O) groups is 2. The van der Waals surface area contributed by atoms with Crippen LogP contribution in [0.25, 0.3) is 0 Å². The van der Waals surface area contributed by atoms with Crippen LogP contribution < -0.4 is 0 Å². The predicted molar refractivity (Wildman–Crippen MR) is 100 cm³/mol. The van der Waals surface area contributed by atoms with E-state index in [4.69, 9.17) is 9.47 Å². The molecule has 0 aromatic carbocycles. The minimum Gasteiger partial charge on any atom is -0.465 e. The quantitative estimate of drug-likeness (QED) is 0.352. The van der Waals surface area contributed by atoms with E-state index in [-0.39, 0.29) is 18.6 Å². The molecule has 0 aliphatic heterocycles. The SMILES string of the molecule is CCOC(=O)C(/C=C(\C)CCC1=C(C)CCCC1(C)C)C(=O)OCC. The fraction of sp³-hybridized carbons (Fsp3) is 0.714. The topological polar surface area (TPSA) is 52.6 Å². The van der Waals surface area contributed by atoms with E-state index in [0.29, 0.717) is 0 Å². The Labute approximate surface area is 152 Å². The first-order valence-electron chi connectivity index (χ1n) is 9.42. The molecular formula is C21H34O4. The molecule has 1 rings (SSSR count). The highest BCUT2D eigenvalue weighted by atomic mass is 16.6. The van der Waals surface area contributed by atoms with E-state index in [1.807, 2.05) is 6.92 Å². The highest BCUT2D eigenvalue weighted by Gasteiger charge is 2.29. The van der Waals surface area contributed by atoms with Gasteiger partial charge in [-0.1, -0.05) is 36.6 Å². The Hall–Kier alpha value is -1.58. The molecule has 142 valence electrons. The van der Waals surface area contributed by atoms with E-state index >= 15 is 0 Å². The molecule has 4 heteroatoms. The first-order chi connectivity index (χ1) is 11.7. The van der Waals surface area contributed by atoms with Gasteiger partial charge in [0.2, 0.25) is 0 Å². The van der Waals surface area contributed by atoms with Crippen LogP contribution in [0, 0.1) is 11.3 Å². The van der Waals surface area contributed by atoms with Gasteiger partial charge in [0.1, 0.15) is 0 Å². The standard InChI is InChI=1S/C21H34O4/c1-7-24-19(22)17(20(23)25-8-2)14-15(3)11-12-18-16(4)10-9-13-21(18,5)6/h14,17H,7-13H2,1-6H3/b15-14+. The van der Waals surface area contributed by atoms with Crippen LogP contribution in [-0.2, 0) is 19.1 Å². The van der Waals surface area contributed by atoms with Crippen LogP contribution in [0.4, 0.5) is 0 Å². The second-order valence-corrected chi connectivity index (χ2v) is 7.49. The van der Waals surface area contributed by atoms with Crippen molar-refractivity contribution in [2.24, 2.45) is 11.3 Å². The monoisotopic (exact) mass is 350 g/mol. The lowest BCUT2D eigenvalue weighted by atomic mass is 9.71. The molecule has 0 atom stereocenters. The van der Waals surface area contributed by atoms with Crippen LogP contribution in [0.5, 0.6) is 0 Å². The highest BCUT2D eigenvalue weighted by Crippen LogP contribution is 2.42. The number of esters is 2. The predicted octanol–water partition coefficient (Wildman–Crippen LogP) is 4.98. The second kappa shape index (κ2) is 9.79. The van der Waals surface area contributed by atoms with Crippen molar-refractivity contribution in [2.75, 3.05) is 13.2 Å². The van der Waals surface area contributed by atoms with Crippen molar-refractivity contribution in [1.29, 1.82) is 0 Å². The van der Waals surface area contributed by atoms with Gasteiger partial charge in [-0.25, -0.2) is 0 Å². The maximum Gasteiger partial charge on any atom is 0.324 e. The third-order valence-corrected chi connectivity index (χ3v) is 4.99. The molecule has 4 nitrogen and oxygen atoms in total. The third-order valence-electron chi connectivity index (χ3n) is 4.99. The van der Waals surface area contributed by atoms with Gasteiger partial charge in [-0.05, 0) is 65.2 Å². The van der Waals surface area contributed by atoms with Gasteiger partial charge in [-0.2, -0.15) is 0 Å². The molecule has 0 unspecified atom stereocenters. The fourth-order valence-electron chi connectivity index (χ4n) is 3.61. The van der Waals surface area contributed by atoms with E-state index in [0.717, 1.165) is 18.4 Å². The summed E-state index contributed by atoms with van der Waals surface area (Å²) in [7, 11) is 0. The molecule has 0 aromatic rings. The van der Waals surface area contributed by atoms with Gasteiger partial charge in [0.15, 0.2) is 5.92 Å². The minimum atomic E-state index is -0.964. The Kier molecular flexibility index (Phi) is 8.40. The summed E-state index contributed by atoms with van der Waals surface area (Å²) in [6.07, 6.45) is 7.17. The highest BCUT2D eigenvalue weighted by molar-refractivity contribution is 5.97. The van der Waals surface area contributed by atoms with Crippen molar-refractivity contribution in [3.8, 4) is 0 Å². The number of carbonyl (C=O) groups excluding carboxylic acids is 2. The Morgan fingerprint density at radius 2 is 1.72 bits per heavy atom. The van der Waals surface area contributed by atoms with Gasteiger partial charge in [0.25, 0.3) is 0 Å². The summed E-state index contributed by atoms with van der Waals surface area (Å²) in [6, 6.07) is 0. The molecule has 1 aliphatic rings. The zero-order valence-electron chi connectivity index (χ0n) is 16.7. The van der Waals surface area contributed by atoms with Gasteiger partial charge >= 0.3 is 11.9 Å². The molecule has 1 aliphatic carbocycles. The minimum absolute atomic E-state index is 0.240. The molecule has 0 radical (unpaired) electrons. The van der Waals surface area contributed by atoms with Crippen molar-refractivity contribution >= 4 is 11.9 Å². The zero-order chi connectivity index (χ0) is 19.0. The van der Waals surface area contributed by atoms with Crippen LogP contribution >= 0.6 is 0 Å². The lowest BCUT2D eigenvalue weighted by molar-refractivity contribution is -0.158. The largest absolute Gasteiger partial charge is 0.465 e. The molecule has 0 bridgehead atoms. The lowest BCUT2D eigenvalue weighted by Gasteiger charge is -2.35. The van der Waals surface area contributed by atoms with Crippen LogP contribution in [0.3, 0.4) is 0 Å². The zero-order valence-corrected chi connectivity index (χ0v) is 16.7. The number of hydrogen-bond acceptors (Lipinski definition) is 4. The van der Waals surface area contributed by atoms with Gasteiger partial charge < -0.3 is 9.47 Å². The van der Waals surface area contributed by atoms with Crippen molar-refractivity contribution < 1.29 is 19.1 Å². The maximum absolute atomic E-state index is 12.1. The summed E-state index contributed by atoms with van der Waals surface area (Å²) in [5, 5.41) is 0. The maximum atomic E-state index is 12.1. The molecule has 0 saturated heterocycles. The number of rotatable bonds is 8. The van der Waals surface area contributed by atoms with Crippen LogP contribution in [-0.4, -0.2) is 25.2 Å².